The van der Waals surface area contributed by atoms with Gasteiger partial charge < -0.3 is 14.8 Å². The van der Waals surface area contributed by atoms with Crippen LogP contribution in [-0.2, 0) is 29.6 Å². The Hall–Kier alpha value is -3.17. The van der Waals surface area contributed by atoms with Gasteiger partial charge in [-0.25, -0.2) is 21.2 Å². The summed E-state index contributed by atoms with van der Waals surface area (Å²) in [4.78, 5) is 13.8. The Labute approximate surface area is 237 Å². The first kappa shape index (κ1) is 29.8. The van der Waals surface area contributed by atoms with Crippen LogP contribution in [0.5, 0.6) is 5.75 Å². The number of morpholine rings is 1. The zero-order valence-electron chi connectivity index (χ0n) is 21.7. The molecule has 0 atom stereocenters. The van der Waals surface area contributed by atoms with Gasteiger partial charge in [0.25, 0.3) is 10.0 Å². The van der Waals surface area contributed by atoms with Crippen molar-refractivity contribution in [3.8, 4) is 5.75 Å². The molecule has 40 heavy (non-hydrogen) atoms. The Kier molecular flexibility index (Phi) is 9.36. The third-order valence-corrected chi connectivity index (χ3v) is 10.5. The van der Waals surface area contributed by atoms with Gasteiger partial charge in [0.1, 0.15) is 23.0 Å². The Morgan fingerprint density at radius 3 is 2.38 bits per heavy atom. The molecule has 1 heterocycles. The number of amides is 1. The van der Waals surface area contributed by atoms with Crippen LogP contribution in [0.1, 0.15) is 0 Å². The number of ether oxygens (including phenoxy) is 2. The number of thioether (sulfide) groups is 1. The summed E-state index contributed by atoms with van der Waals surface area (Å²) < 4.78 is 80.4. The lowest BCUT2D eigenvalue weighted by atomic mass is 10.3. The van der Waals surface area contributed by atoms with E-state index in [-0.39, 0.29) is 53.2 Å². The van der Waals surface area contributed by atoms with Crippen LogP contribution in [0.4, 0.5) is 15.8 Å². The average Bonchev–Trinajstić information content (AvgIpc) is 2.96. The number of hydrogen-bond acceptors (Lipinski definition) is 8. The van der Waals surface area contributed by atoms with E-state index in [4.69, 9.17) is 9.47 Å². The predicted octanol–water partition coefficient (Wildman–Crippen LogP) is 3.41. The lowest BCUT2D eigenvalue weighted by molar-refractivity contribution is -0.114. The summed E-state index contributed by atoms with van der Waals surface area (Å²) in [5, 5.41) is 2.56. The SMILES string of the molecule is COc1ccc(NC(=O)CN(c2cccc(F)c2)S(=O)(=O)c2ccc(SC)cc2)cc1S(=O)(=O)N1CCOCC1. The largest absolute Gasteiger partial charge is 0.495 e. The van der Waals surface area contributed by atoms with Crippen LogP contribution in [0.2, 0.25) is 0 Å². The van der Waals surface area contributed by atoms with Crippen LogP contribution in [-0.4, -0.2) is 73.3 Å². The minimum absolute atomic E-state index is 0.0468. The Bertz CT molecular complexity index is 1580. The molecule has 0 aliphatic carbocycles. The molecule has 0 aromatic heterocycles. The van der Waals surface area contributed by atoms with Crippen LogP contribution in [0.15, 0.2) is 81.4 Å². The number of nitrogens with one attached hydrogen (secondary N) is 1. The summed E-state index contributed by atoms with van der Waals surface area (Å²) in [6, 6.07) is 15.1. The minimum Gasteiger partial charge on any atom is -0.495 e. The molecule has 14 heteroatoms. The van der Waals surface area contributed by atoms with Gasteiger partial charge in [0.2, 0.25) is 15.9 Å². The lowest BCUT2D eigenvalue weighted by Crippen LogP contribution is -2.40. The maximum absolute atomic E-state index is 14.1. The molecule has 214 valence electrons. The first-order valence-corrected chi connectivity index (χ1v) is 16.1. The Balaban J connectivity index is 1.64. The molecule has 0 saturated carbocycles. The fraction of sp³-hybridized carbons (Fsp3) is 0.269. The molecule has 0 radical (unpaired) electrons. The van der Waals surface area contributed by atoms with Gasteiger partial charge in [0.05, 0.1) is 30.9 Å². The smallest absolute Gasteiger partial charge is 0.264 e. The highest BCUT2D eigenvalue weighted by Gasteiger charge is 2.31. The van der Waals surface area contributed by atoms with E-state index in [0.717, 1.165) is 21.3 Å². The highest BCUT2D eigenvalue weighted by Crippen LogP contribution is 2.31. The van der Waals surface area contributed by atoms with Crippen molar-refractivity contribution in [3.63, 3.8) is 0 Å². The highest BCUT2D eigenvalue weighted by molar-refractivity contribution is 7.98. The molecule has 0 spiro atoms. The Morgan fingerprint density at radius 2 is 1.75 bits per heavy atom. The molecule has 3 aromatic rings. The summed E-state index contributed by atoms with van der Waals surface area (Å²) in [5.74, 6) is -1.36. The number of nitrogens with zero attached hydrogens (tertiary/aromatic N) is 2. The number of rotatable bonds is 10. The van der Waals surface area contributed by atoms with Crippen molar-refractivity contribution in [2.45, 2.75) is 14.7 Å². The fourth-order valence-electron chi connectivity index (χ4n) is 4.03. The normalized spacial score (nSPS) is 14.5. The van der Waals surface area contributed by atoms with Crippen molar-refractivity contribution in [1.82, 2.24) is 4.31 Å². The van der Waals surface area contributed by atoms with E-state index in [9.17, 15) is 26.0 Å². The number of anilines is 2. The van der Waals surface area contributed by atoms with E-state index in [2.05, 4.69) is 5.32 Å². The number of carbonyl (C=O) groups is 1. The Morgan fingerprint density at radius 1 is 1.05 bits per heavy atom. The minimum atomic E-state index is -4.28. The number of sulfonamides is 2. The van der Waals surface area contributed by atoms with E-state index < -0.39 is 38.3 Å². The summed E-state index contributed by atoms with van der Waals surface area (Å²) in [6.45, 7) is 0.138. The standard InChI is InChI=1S/C26H28FN3O7S3/c1-36-24-11-6-20(17-25(24)40(34,35)29-12-14-37-15-13-29)28-26(31)18-30(21-5-3-4-19(27)16-21)39(32,33)23-9-7-22(38-2)8-10-23/h3-11,16-17H,12-15,18H2,1-2H3,(H,28,31). The number of methoxy groups -OCH3 is 1. The van der Waals surface area contributed by atoms with E-state index >= 15 is 0 Å². The van der Waals surface area contributed by atoms with Crippen LogP contribution in [0.25, 0.3) is 0 Å². The van der Waals surface area contributed by atoms with Crippen LogP contribution in [0, 0.1) is 5.82 Å². The van der Waals surface area contributed by atoms with E-state index in [0.29, 0.717) is 0 Å². The van der Waals surface area contributed by atoms with Crippen LogP contribution < -0.4 is 14.4 Å². The maximum atomic E-state index is 14.1. The van der Waals surface area contributed by atoms with E-state index in [1.54, 1.807) is 12.1 Å². The molecule has 1 aliphatic rings. The first-order chi connectivity index (χ1) is 19.1. The molecule has 3 aromatic carbocycles. The number of carbonyl (C=O) groups excluding carboxylic acids is 1. The van der Waals surface area contributed by atoms with Gasteiger partial charge in [-0.2, -0.15) is 4.31 Å². The number of halogens is 1. The van der Waals surface area contributed by atoms with Crippen molar-refractivity contribution in [3.05, 3.63) is 72.5 Å². The maximum Gasteiger partial charge on any atom is 0.264 e. The van der Waals surface area contributed by atoms with Gasteiger partial charge in [-0.05, 0) is 66.9 Å². The van der Waals surface area contributed by atoms with Gasteiger partial charge >= 0.3 is 0 Å². The van der Waals surface area contributed by atoms with Crippen LogP contribution in [0.3, 0.4) is 0 Å². The molecule has 0 unspecified atom stereocenters. The van der Waals surface area contributed by atoms with Gasteiger partial charge in [-0.1, -0.05) is 6.07 Å². The summed E-state index contributed by atoms with van der Waals surface area (Å²) in [6.07, 6.45) is 1.85. The second-order valence-corrected chi connectivity index (χ2v) is 13.2. The molecule has 4 rings (SSSR count). The molecule has 1 aliphatic heterocycles. The second kappa shape index (κ2) is 12.6. The summed E-state index contributed by atoms with van der Waals surface area (Å²) in [5.41, 5.74) is 0.0629. The summed E-state index contributed by atoms with van der Waals surface area (Å²) >= 11 is 1.44. The van der Waals surface area contributed by atoms with E-state index in [1.807, 2.05) is 6.26 Å². The highest BCUT2D eigenvalue weighted by atomic mass is 32.2. The lowest BCUT2D eigenvalue weighted by Gasteiger charge is -2.27. The topological polar surface area (TPSA) is 122 Å². The van der Waals surface area contributed by atoms with Gasteiger partial charge in [-0.15, -0.1) is 11.8 Å². The van der Waals surface area contributed by atoms with Crippen molar-refractivity contribution in [2.24, 2.45) is 0 Å². The zero-order chi connectivity index (χ0) is 28.9. The predicted molar refractivity (Wildman–Crippen MR) is 150 cm³/mol. The van der Waals surface area contributed by atoms with E-state index in [1.165, 1.54) is 65.6 Å². The van der Waals surface area contributed by atoms with Crippen molar-refractivity contribution < 1.29 is 35.5 Å². The quantitative estimate of drug-likeness (QED) is 0.347. The molecule has 1 amide bonds. The summed E-state index contributed by atoms with van der Waals surface area (Å²) in [7, 11) is -6.92. The molecular weight excluding hydrogens is 581 g/mol. The van der Waals surface area contributed by atoms with Gasteiger partial charge in [0.15, 0.2) is 0 Å². The second-order valence-electron chi connectivity index (χ2n) is 8.60. The van der Waals surface area contributed by atoms with Crippen LogP contribution >= 0.6 is 11.8 Å². The average molecular weight is 610 g/mol. The zero-order valence-corrected chi connectivity index (χ0v) is 24.2. The third kappa shape index (κ3) is 6.58. The molecule has 0 bridgehead atoms. The fourth-order valence-corrected chi connectivity index (χ4v) is 7.44. The number of hydrogen-bond donors (Lipinski definition) is 1. The third-order valence-electron chi connectivity index (χ3n) is 6.07. The molecule has 1 saturated heterocycles. The molecule has 10 nitrogen and oxygen atoms in total. The molecule has 1 fully saturated rings. The van der Waals surface area contributed by atoms with Gasteiger partial charge in [0, 0.05) is 23.7 Å². The van der Waals surface area contributed by atoms with Crippen molar-refractivity contribution in [2.75, 3.05) is 55.8 Å². The molecule has 1 N–H and O–H groups in total. The van der Waals surface area contributed by atoms with Crippen molar-refractivity contribution in [1.29, 1.82) is 0 Å². The van der Waals surface area contributed by atoms with Gasteiger partial charge in [-0.3, -0.25) is 9.10 Å². The number of benzene rings is 3. The molecular formula is C26H28FN3O7S3. The first-order valence-electron chi connectivity index (χ1n) is 12.0. The van der Waals surface area contributed by atoms with Crippen molar-refractivity contribution >= 4 is 49.1 Å². The monoisotopic (exact) mass is 609 g/mol.